The van der Waals surface area contributed by atoms with Crippen LogP contribution in [-0.4, -0.2) is 11.0 Å². The number of allylic oxidation sites excluding steroid dienone is 1. The van der Waals surface area contributed by atoms with Crippen LogP contribution in [0.15, 0.2) is 17.5 Å². The maximum Gasteiger partial charge on any atom is 0.0897 e. The van der Waals surface area contributed by atoms with Gasteiger partial charge in [0.1, 0.15) is 0 Å². The summed E-state index contributed by atoms with van der Waals surface area (Å²) in [5, 5.41) is 6.84. The van der Waals surface area contributed by atoms with E-state index in [-0.39, 0.29) is 0 Å². The van der Waals surface area contributed by atoms with Crippen LogP contribution in [-0.2, 0) is 6.54 Å². The number of thiazole rings is 1. The second-order valence-electron chi connectivity index (χ2n) is 3.72. The summed E-state index contributed by atoms with van der Waals surface area (Å²) in [4.78, 5) is 4.43. The van der Waals surface area contributed by atoms with E-state index in [4.69, 9.17) is 0 Å². The molecule has 1 atom stereocenters. The lowest BCUT2D eigenvalue weighted by atomic mass is 10.0. The second kappa shape index (κ2) is 4.71. The Morgan fingerprint density at radius 1 is 1.57 bits per heavy atom. The molecule has 2 nitrogen and oxygen atoms in total. The largest absolute Gasteiger partial charge is 0.308 e. The zero-order valence-electron chi connectivity index (χ0n) is 8.49. The van der Waals surface area contributed by atoms with Gasteiger partial charge in [-0.15, -0.1) is 11.3 Å². The number of aromatic nitrogens is 1. The third kappa shape index (κ3) is 2.66. The van der Waals surface area contributed by atoms with Crippen LogP contribution in [0.5, 0.6) is 0 Å². The molecule has 14 heavy (non-hydrogen) atoms. The Morgan fingerprint density at radius 2 is 2.50 bits per heavy atom. The van der Waals surface area contributed by atoms with Crippen molar-refractivity contribution in [1.29, 1.82) is 0 Å². The van der Waals surface area contributed by atoms with Gasteiger partial charge in [0.05, 0.1) is 10.7 Å². The maximum absolute atomic E-state index is 4.43. The molecule has 0 spiro atoms. The average Bonchev–Trinajstić information content (AvgIpc) is 2.63. The quantitative estimate of drug-likeness (QED) is 0.772. The molecule has 0 fully saturated rings. The molecular weight excluding hydrogens is 192 g/mol. The molecule has 1 aromatic rings. The summed E-state index contributed by atoms with van der Waals surface area (Å²) in [6.07, 6.45) is 8.19. The van der Waals surface area contributed by atoms with E-state index < -0.39 is 0 Å². The Bertz CT molecular complexity index is 317. The fraction of sp³-hybridized carbons (Fsp3) is 0.545. The Labute approximate surface area is 89.1 Å². The van der Waals surface area contributed by atoms with Crippen molar-refractivity contribution in [3.8, 4) is 0 Å². The first kappa shape index (κ1) is 9.87. The van der Waals surface area contributed by atoms with E-state index in [0.29, 0.717) is 6.04 Å². The van der Waals surface area contributed by atoms with Crippen LogP contribution in [0.3, 0.4) is 0 Å². The molecule has 76 valence electrons. The highest BCUT2D eigenvalue weighted by molar-refractivity contribution is 7.09. The van der Waals surface area contributed by atoms with Gasteiger partial charge in [-0.3, -0.25) is 0 Å². The molecule has 1 aliphatic carbocycles. The summed E-state index contributed by atoms with van der Waals surface area (Å²) in [5.41, 5.74) is 1.18. The monoisotopic (exact) mass is 208 g/mol. The second-order valence-corrected chi connectivity index (χ2v) is 4.78. The first-order valence-electron chi connectivity index (χ1n) is 5.14. The van der Waals surface area contributed by atoms with E-state index in [0.717, 1.165) is 11.6 Å². The number of nitrogens with zero attached hydrogens (tertiary/aromatic N) is 1. The van der Waals surface area contributed by atoms with Crippen molar-refractivity contribution in [2.24, 2.45) is 0 Å². The minimum atomic E-state index is 0.655. The van der Waals surface area contributed by atoms with Crippen LogP contribution in [0.1, 0.15) is 30.0 Å². The Hall–Kier alpha value is -0.670. The third-order valence-corrected chi connectivity index (χ3v) is 3.33. The van der Waals surface area contributed by atoms with Gasteiger partial charge in [-0.25, -0.2) is 4.98 Å². The fourth-order valence-corrected chi connectivity index (χ4v) is 2.33. The number of hydrogen-bond acceptors (Lipinski definition) is 3. The number of nitrogens with one attached hydrogen (secondary N) is 1. The van der Waals surface area contributed by atoms with Crippen molar-refractivity contribution in [2.75, 3.05) is 0 Å². The smallest absolute Gasteiger partial charge is 0.0897 e. The molecule has 0 saturated heterocycles. The van der Waals surface area contributed by atoms with Crippen LogP contribution in [0.4, 0.5) is 0 Å². The maximum atomic E-state index is 4.43. The summed E-state index contributed by atoms with van der Waals surface area (Å²) in [7, 11) is 0. The lowest BCUT2D eigenvalue weighted by Gasteiger charge is -2.18. The lowest BCUT2D eigenvalue weighted by molar-refractivity contribution is 0.471. The molecule has 0 bridgehead atoms. The highest BCUT2D eigenvalue weighted by Gasteiger charge is 2.09. The first-order chi connectivity index (χ1) is 6.84. The molecular formula is C11H16N2S. The van der Waals surface area contributed by atoms with Crippen molar-refractivity contribution < 1.29 is 0 Å². The van der Waals surface area contributed by atoms with Crippen molar-refractivity contribution in [2.45, 2.75) is 38.8 Å². The van der Waals surface area contributed by atoms with Crippen molar-refractivity contribution in [3.05, 3.63) is 28.2 Å². The van der Waals surface area contributed by atoms with Crippen LogP contribution in [0, 0.1) is 6.92 Å². The molecule has 0 aliphatic heterocycles. The van der Waals surface area contributed by atoms with E-state index >= 15 is 0 Å². The van der Waals surface area contributed by atoms with Crippen molar-refractivity contribution >= 4 is 11.3 Å². The van der Waals surface area contributed by atoms with Crippen LogP contribution in [0.2, 0.25) is 0 Å². The van der Waals surface area contributed by atoms with Crippen LogP contribution >= 0.6 is 11.3 Å². The first-order valence-corrected chi connectivity index (χ1v) is 6.02. The highest BCUT2D eigenvalue weighted by Crippen LogP contribution is 2.12. The van der Waals surface area contributed by atoms with Crippen molar-refractivity contribution in [1.82, 2.24) is 10.3 Å². The number of rotatable bonds is 3. The molecule has 1 heterocycles. The van der Waals surface area contributed by atoms with Gasteiger partial charge in [0, 0.05) is 18.0 Å². The number of aryl methyl sites for hydroxylation is 1. The number of hydrogen-bond donors (Lipinski definition) is 1. The van der Waals surface area contributed by atoms with Gasteiger partial charge in [-0.05, 0) is 26.2 Å². The van der Waals surface area contributed by atoms with Gasteiger partial charge in [-0.1, -0.05) is 12.2 Å². The van der Waals surface area contributed by atoms with Gasteiger partial charge < -0.3 is 5.32 Å². The normalized spacial score (nSPS) is 21.4. The molecule has 0 aromatic carbocycles. The van der Waals surface area contributed by atoms with E-state index in [1.165, 1.54) is 25.0 Å². The average molecular weight is 208 g/mol. The molecule has 1 N–H and O–H groups in total. The van der Waals surface area contributed by atoms with Crippen LogP contribution < -0.4 is 5.32 Å². The summed E-state index contributed by atoms with van der Waals surface area (Å²) >= 11 is 1.73. The molecule has 1 aromatic heterocycles. The SMILES string of the molecule is Cc1nc(CNC2CC=CCC2)cs1. The topological polar surface area (TPSA) is 24.9 Å². The summed E-state index contributed by atoms with van der Waals surface area (Å²) < 4.78 is 0. The fourth-order valence-electron chi connectivity index (χ4n) is 1.72. The predicted molar refractivity (Wildman–Crippen MR) is 60.5 cm³/mol. The lowest BCUT2D eigenvalue weighted by Crippen LogP contribution is -2.29. The third-order valence-electron chi connectivity index (χ3n) is 2.51. The molecule has 2 rings (SSSR count). The van der Waals surface area contributed by atoms with Gasteiger partial charge in [0.2, 0.25) is 0 Å². The summed E-state index contributed by atoms with van der Waals surface area (Å²) in [5.74, 6) is 0. The van der Waals surface area contributed by atoms with Crippen molar-refractivity contribution in [3.63, 3.8) is 0 Å². The van der Waals surface area contributed by atoms with E-state index in [1.54, 1.807) is 11.3 Å². The molecule has 0 radical (unpaired) electrons. The molecule has 0 saturated carbocycles. The highest BCUT2D eigenvalue weighted by atomic mass is 32.1. The predicted octanol–water partition coefficient (Wildman–Crippen LogP) is 2.65. The molecule has 3 heteroatoms. The Morgan fingerprint density at radius 3 is 3.14 bits per heavy atom. The molecule has 1 aliphatic rings. The molecule has 0 amide bonds. The zero-order valence-corrected chi connectivity index (χ0v) is 9.31. The standard InChI is InChI=1S/C11H16N2S/c1-9-13-11(8-14-9)7-12-10-5-3-2-4-6-10/h2-3,8,10,12H,4-7H2,1H3. The Kier molecular flexibility index (Phi) is 3.32. The van der Waals surface area contributed by atoms with Gasteiger partial charge in [-0.2, -0.15) is 0 Å². The van der Waals surface area contributed by atoms with Crippen LogP contribution in [0.25, 0.3) is 0 Å². The van der Waals surface area contributed by atoms with Gasteiger partial charge in [0.15, 0.2) is 0 Å². The van der Waals surface area contributed by atoms with Gasteiger partial charge in [0.25, 0.3) is 0 Å². The van der Waals surface area contributed by atoms with E-state index in [1.807, 2.05) is 0 Å². The van der Waals surface area contributed by atoms with E-state index in [2.05, 4.69) is 34.8 Å². The van der Waals surface area contributed by atoms with Gasteiger partial charge >= 0.3 is 0 Å². The zero-order chi connectivity index (χ0) is 9.80. The minimum Gasteiger partial charge on any atom is -0.308 e. The summed E-state index contributed by atoms with van der Waals surface area (Å²) in [6, 6.07) is 0.655. The minimum absolute atomic E-state index is 0.655. The van der Waals surface area contributed by atoms with E-state index in [9.17, 15) is 0 Å². The summed E-state index contributed by atoms with van der Waals surface area (Å²) in [6.45, 7) is 2.97. The molecule has 1 unspecified atom stereocenters. The Balaban J connectivity index is 1.79.